The van der Waals surface area contributed by atoms with Gasteiger partial charge in [0.25, 0.3) is 0 Å². The molecule has 0 radical (unpaired) electrons. The van der Waals surface area contributed by atoms with Crippen molar-refractivity contribution in [3.05, 3.63) is 0 Å². The minimum absolute atomic E-state index is 0.549. The first-order chi connectivity index (χ1) is 7.83. The van der Waals surface area contributed by atoms with Crippen molar-refractivity contribution in [3.63, 3.8) is 0 Å². The van der Waals surface area contributed by atoms with Crippen LogP contribution in [-0.2, 0) is 4.79 Å². The first-order valence-electron chi connectivity index (χ1n) is 6.09. The van der Waals surface area contributed by atoms with Crippen LogP contribution < -0.4 is 10.6 Å². The molecular formula is C11H24N4O. The van der Waals surface area contributed by atoms with Crippen molar-refractivity contribution in [1.82, 2.24) is 20.4 Å². The standard InChI is InChI=1S/C11H24N4O/c1-14-6-4-12-2-3-13-5-7-15(9-8-14)10-11-16/h11-13H,2-10H2,1H3. The summed E-state index contributed by atoms with van der Waals surface area (Å²) >= 11 is 0. The number of aldehydes is 1. The van der Waals surface area contributed by atoms with E-state index in [0.29, 0.717) is 6.54 Å². The van der Waals surface area contributed by atoms with Crippen LogP contribution in [0.4, 0.5) is 0 Å². The molecule has 1 saturated heterocycles. The van der Waals surface area contributed by atoms with Crippen LogP contribution in [0.1, 0.15) is 0 Å². The summed E-state index contributed by atoms with van der Waals surface area (Å²) in [6, 6.07) is 0. The van der Waals surface area contributed by atoms with Gasteiger partial charge in [0, 0.05) is 52.4 Å². The van der Waals surface area contributed by atoms with E-state index in [4.69, 9.17) is 0 Å². The zero-order chi connectivity index (χ0) is 11.6. The van der Waals surface area contributed by atoms with E-state index in [1.807, 2.05) is 0 Å². The summed E-state index contributed by atoms with van der Waals surface area (Å²) in [6.07, 6.45) is 0.993. The first kappa shape index (κ1) is 13.6. The Labute approximate surface area is 98.2 Å². The van der Waals surface area contributed by atoms with E-state index < -0.39 is 0 Å². The molecule has 0 aromatic carbocycles. The van der Waals surface area contributed by atoms with Gasteiger partial charge in [-0.1, -0.05) is 0 Å². The van der Waals surface area contributed by atoms with E-state index in [-0.39, 0.29) is 0 Å². The van der Waals surface area contributed by atoms with Crippen LogP contribution in [0.3, 0.4) is 0 Å². The second-order valence-electron chi connectivity index (χ2n) is 4.27. The third-order valence-corrected chi connectivity index (χ3v) is 2.88. The molecule has 1 heterocycles. The molecule has 16 heavy (non-hydrogen) atoms. The predicted molar refractivity (Wildman–Crippen MR) is 65.7 cm³/mol. The molecule has 1 aliphatic heterocycles. The number of rotatable bonds is 2. The van der Waals surface area contributed by atoms with E-state index in [1.165, 1.54) is 0 Å². The van der Waals surface area contributed by atoms with Gasteiger partial charge >= 0.3 is 0 Å². The largest absolute Gasteiger partial charge is 0.314 e. The summed E-state index contributed by atoms with van der Waals surface area (Å²) in [7, 11) is 2.13. The summed E-state index contributed by atoms with van der Waals surface area (Å²) in [5.41, 5.74) is 0. The lowest BCUT2D eigenvalue weighted by Gasteiger charge is -2.25. The Kier molecular flexibility index (Phi) is 7.33. The highest BCUT2D eigenvalue weighted by Gasteiger charge is 2.06. The minimum Gasteiger partial charge on any atom is -0.314 e. The van der Waals surface area contributed by atoms with Gasteiger partial charge in [0.1, 0.15) is 6.29 Å². The fraction of sp³-hybridized carbons (Fsp3) is 0.909. The maximum absolute atomic E-state index is 10.5. The van der Waals surface area contributed by atoms with E-state index in [9.17, 15) is 4.79 Å². The molecule has 0 unspecified atom stereocenters. The Morgan fingerprint density at radius 2 is 1.69 bits per heavy atom. The van der Waals surface area contributed by atoms with Crippen molar-refractivity contribution >= 4 is 6.29 Å². The van der Waals surface area contributed by atoms with Crippen LogP contribution in [0.15, 0.2) is 0 Å². The third kappa shape index (κ3) is 6.17. The van der Waals surface area contributed by atoms with Gasteiger partial charge in [-0.2, -0.15) is 0 Å². The molecule has 94 valence electrons. The van der Waals surface area contributed by atoms with Gasteiger partial charge < -0.3 is 20.3 Å². The number of likely N-dealkylation sites (N-methyl/N-ethyl adjacent to an activating group) is 1. The molecule has 2 N–H and O–H groups in total. The van der Waals surface area contributed by atoms with Gasteiger partial charge in [0.05, 0.1) is 6.54 Å². The summed E-state index contributed by atoms with van der Waals surface area (Å²) in [6.45, 7) is 8.56. The molecule has 1 rings (SSSR count). The highest BCUT2D eigenvalue weighted by Crippen LogP contribution is 1.89. The van der Waals surface area contributed by atoms with Crippen molar-refractivity contribution in [3.8, 4) is 0 Å². The maximum Gasteiger partial charge on any atom is 0.133 e. The van der Waals surface area contributed by atoms with Crippen molar-refractivity contribution in [2.24, 2.45) is 0 Å². The van der Waals surface area contributed by atoms with E-state index in [1.54, 1.807) is 0 Å². The van der Waals surface area contributed by atoms with Crippen molar-refractivity contribution in [2.75, 3.05) is 66.0 Å². The van der Waals surface area contributed by atoms with Crippen LogP contribution in [0.2, 0.25) is 0 Å². The molecule has 0 aliphatic carbocycles. The molecular weight excluding hydrogens is 204 g/mol. The van der Waals surface area contributed by atoms with Crippen LogP contribution in [0.5, 0.6) is 0 Å². The van der Waals surface area contributed by atoms with Crippen LogP contribution in [-0.4, -0.2) is 82.0 Å². The zero-order valence-electron chi connectivity index (χ0n) is 10.2. The third-order valence-electron chi connectivity index (χ3n) is 2.88. The van der Waals surface area contributed by atoms with Gasteiger partial charge in [-0.3, -0.25) is 4.90 Å². The lowest BCUT2D eigenvalue weighted by molar-refractivity contribution is -0.108. The molecule has 0 spiro atoms. The number of hydrogen-bond acceptors (Lipinski definition) is 5. The second-order valence-corrected chi connectivity index (χ2v) is 4.27. The molecule has 0 amide bonds. The van der Waals surface area contributed by atoms with Crippen LogP contribution in [0.25, 0.3) is 0 Å². The number of nitrogens with one attached hydrogen (secondary N) is 2. The average molecular weight is 228 g/mol. The fourth-order valence-corrected chi connectivity index (χ4v) is 1.76. The van der Waals surface area contributed by atoms with Crippen molar-refractivity contribution in [2.45, 2.75) is 0 Å². The van der Waals surface area contributed by atoms with Crippen molar-refractivity contribution < 1.29 is 4.79 Å². The Balaban J connectivity index is 2.32. The molecule has 0 saturated carbocycles. The first-order valence-corrected chi connectivity index (χ1v) is 6.09. The lowest BCUT2D eigenvalue weighted by atomic mass is 10.4. The molecule has 0 atom stereocenters. The normalized spacial score (nSPS) is 23.3. The second kappa shape index (κ2) is 8.64. The molecule has 1 aliphatic rings. The molecule has 0 bridgehead atoms. The van der Waals surface area contributed by atoms with Gasteiger partial charge in [0.15, 0.2) is 0 Å². The van der Waals surface area contributed by atoms with E-state index in [2.05, 4.69) is 27.5 Å². The van der Waals surface area contributed by atoms with Gasteiger partial charge in [-0.05, 0) is 7.05 Å². The molecule has 0 aromatic rings. The number of nitrogens with zero attached hydrogens (tertiary/aromatic N) is 2. The maximum atomic E-state index is 10.5. The predicted octanol–water partition coefficient (Wildman–Crippen LogP) is -1.39. The Morgan fingerprint density at radius 1 is 1.00 bits per heavy atom. The SMILES string of the molecule is CN1CCNCCNCCN(CC=O)CC1. The summed E-state index contributed by atoms with van der Waals surface area (Å²) in [5, 5.41) is 6.77. The number of carbonyl (C=O) groups is 1. The number of hydrogen-bond donors (Lipinski definition) is 2. The molecule has 0 aromatic heterocycles. The number of carbonyl (C=O) groups excluding carboxylic acids is 1. The Hall–Kier alpha value is -0.490. The van der Waals surface area contributed by atoms with Gasteiger partial charge in [-0.15, -0.1) is 0 Å². The summed E-state index contributed by atoms with van der Waals surface area (Å²) in [5.74, 6) is 0. The lowest BCUT2D eigenvalue weighted by Crippen LogP contribution is -2.42. The van der Waals surface area contributed by atoms with Crippen molar-refractivity contribution in [1.29, 1.82) is 0 Å². The summed E-state index contributed by atoms with van der Waals surface area (Å²) < 4.78 is 0. The smallest absolute Gasteiger partial charge is 0.133 e. The fourth-order valence-electron chi connectivity index (χ4n) is 1.76. The van der Waals surface area contributed by atoms with Crippen LogP contribution >= 0.6 is 0 Å². The van der Waals surface area contributed by atoms with Gasteiger partial charge in [0.2, 0.25) is 0 Å². The molecule has 5 nitrogen and oxygen atoms in total. The highest BCUT2D eigenvalue weighted by atomic mass is 16.1. The monoisotopic (exact) mass is 228 g/mol. The van der Waals surface area contributed by atoms with Crippen LogP contribution in [0, 0.1) is 0 Å². The zero-order valence-corrected chi connectivity index (χ0v) is 10.2. The van der Waals surface area contributed by atoms with Gasteiger partial charge in [-0.25, -0.2) is 0 Å². The minimum atomic E-state index is 0.549. The Bertz CT molecular complexity index is 189. The summed E-state index contributed by atoms with van der Waals surface area (Å²) in [4.78, 5) is 15.0. The van der Waals surface area contributed by atoms with E-state index >= 15 is 0 Å². The average Bonchev–Trinajstić information content (AvgIpc) is 2.27. The Morgan fingerprint density at radius 3 is 2.38 bits per heavy atom. The quantitative estimate of drug-likeness (QED) is 0.570. The molecule has 1 fully saturated rings. The highest BCUT2D eigenvalue weighted by molar-refractivity contribution is 5.51. The topological polar surface area (TPSA) is 47.6 Å². The molecule has 5 heteroatoms. The van der Waals surface area contributed by atoms with E-state index in [0.717, 1.165) is 58.6 Å².